The third-order valence-electron chi connectivity index (χ3n) is 3.38. The number of nitrogens with zero attached hydrogens (tertiary/aromatic N) is 1. The zero-order chi connectivity index (χ0) is 14.8. The topological polar surface area (TPSA) is 24.5 Å². The summed E-state index contributed by atoms with van der Waals surface area (Å²) in [5, 5.41) is 3.55. The number of rotatable bonds is 4. The van der Waals surface area contributed by atoms with Crippen LogP contribution in [-0.2, 0) is 17.8 Å². The minimum Gasteiger partial charge on any atom is -0.373 e. The van der Waals surface area contributed by atoms with Crippen molar-refractivity contribution in [3.63, 3.8) is 0 Å². The summed E-state index contributed by atoms with van der Waals surface area (Å²) in [5.41, 5.74) is 0.180. The quantitative estimate of drug-likeness (QED) is 0.923. The lowest BCUT2D eigenvalue weighted by atomic mass is 10.1. The van der Waals surface area contributed by atoms with Crippen LogP contribution in [0, 0.1) is 0 Å². The first kappa shape index (κ1) is 16.0. The van der Waals surface area contributed by atoms with Gasteiger partial charge in [0, 0.05) is 41.5 Å². The molecule has 0 aliphatic carbocycles. The van der Waals surface area contributed by atoms with Crippen molar-refractivity contribution in [3.05, 3.63) is 21.9 Å². The molecule has 2 unspecified atom stereocenters. The van der Waals surface area contributed by atoms with Gasteiger partial charge in [0.05, 0.1) is 12.2 Å². The van der Waals surface area contributed by atoms with Crippen LogP contribution in [0.25, 0.3) is 0 Å². The molecular formula is C16H28N2OS. The van der Waals surface area contributed by atoms with Gasteiger partial charge in [-0.05, 0) is 46.8 Å². The Bertz CT molecular complexity index is 414. The predicted molar refractivity (Wildman–Crippen MR) is 86.2 cm³/mol. The van der Waals surface area contributed by atoms with Crippen molar-refractivity contribution in [1.82, 2.24) is 10.2 Å². The van der Waals surface area contributed by atoms with E-state index in [4.69, 9.17) is 4.74 Å². The lowest BCUT2D eigenvalue weighted by Crippen LogP contribution is -2.44. The fourth-order valence-corrected chi connectivity index (χ4v) is 3.59. The first-order valence-corrected chi connectivity index (χ1v) is 8.34. The molecule has 3 nitrogen and oxygen atoms in total. The van der Waals surface area contributed by atoms with E-state index in [1.807, 2.05) is 11.3 Å². The van der Waals surface area contributed by atoms with Gasteiger partial charge in [0.1, 0.15) is 0 Å². The molecule has 0 amide bonds. The molecule has 1 aromatic rings. The van der Waals surface area contributed by atoms with Crippen LogP contribution in [0.3, 0.4) is 0 Å². The number of hydrogen-bond acceptors (Lipinski definition) is 4. The number of thiophene rings is 1. The summed E-state index contributed by atoms with van der Waals surface area (Å²) in [6.45, 7) is 15.0. The van der Waals surface area contributed by atoms with Crippen LogP contribution in [0.1, 0.15) is 44.4 Å². The third kappa shape index (κ3) is 5.17. The third-order valence-corrected chi connectivity index (χ3v) is 4.45. The Kier molecular flexibility index (Phi) is 5.24. The number of nitrogens with one attached hydrogen (secondary N) is 1. The monoisotopic (exact) mass is 296 g/mol. The van der Waals surface area contributed by atoms with E-state index in [1.54, 1.807) is 0 Å². The zero-order valence-corrected chi connectivity index (χ0v) is 14.2. The van der Waals surface area contributed by atoms with E-state index in [1.165, 1.54) is 9.75 Å². The standard InChI is InChI=1S/C16H28N2OS/c1-12-9-18(10-13(2)19-12)11-15-7-6-14(20-15)8-17-16(3,4)5/h6-7,12-13,17H,8-11H2,1-5H3. The highest BCUT2D eigenvalue weighted by Crippen LogP contribution is 2.21. The van der Waals surface area contributed by atoms with Crippen LogP contribution < -0.4 is 5.32 Å². The molecule has 1 aromatic heterocycles. The molecule has 1 aliphatic heterocycles. The van der Waals surface area contributed by atoms with Gasteiger partial charge in [0.2, 0.25) is 0 Å². The van der Waals surface area contributed by atoms with Crippen molar-refractivity contribution in [2.45, 2.75) is 65.5 Å². The molecule has 4 heteroatoms. The maximum absolute atomic E-state index is 5.79. The largest absolute Gasteiger partial charge is 0.373 e. The minimum absolute atomic E-state index is 0.180. The molecule has 1 aliphatic rings. The summed E-state index contributed by atoms with van der Waals surface area (Å²) in [5.74, 6) is 0. The summed E-state index contributed by atoms with van der Waals surface area (Å²) in [4.78, 5) is 5.38. The van der Waals surface area contributed by atoms with Gasteiger partial charge in [0.15, 0.2) is 0 Å². The maximum atomic E-state index is 5.79. The van der Waals surface area contributed by atoms with Gasteiger partial charge in [-0.15, -0.1) is 11.3 Å². The number of ether oxygens (including phenoxy) is 1. The van der Waals surface area contributed by atoms with Crippen molar-refractivity contribution >= 4 is 11.3 Å². The minimum atomic E-state index is 0.180. The Morgan fingerprint density at radius 2 is 1.80 bits per heavy atom. The molecule has 114 valence electrons. The van der Waals surface area contributed by atoms with Crippen LogP contribution in [0.2, 0.25) is 0 Å². The van der Waals surface area contributed by atoms with Crippen molar-refractivity contribution in [2.24, 2.45) is 0 Å². The average Bonchev–Trinajstić information content (AvgIpc) is 2.72. The highest BCUT2D eigenvalue weighted by atomic mass is 32.1. The molecular weight excluding hydrogens is 268 g/mol. The van der Waals surface area contributed by atoms with E-state index in [9.17, 15) is 0 Å². The lowest BCUT2D eigenvalue weighted by molar-refractivity contribution is -0.0702. The van der Waals surface area contributed by atoms with Gasteiger partial charge in [0.25, 0.3) is 0 Å². The van der Waals surface area contributed by atoms with E-state index in [2.05, 4.69) is 57.0 Å². The maximum Gasteiger partial charge on any atom is 0.0678 e. The lowest BCUT2D eigenvalue weighted by Gasteiger charge is -2.35. The molecule has 0 saturated carbocycles. The smallest absolute Gasteiger partial charge is 0.0678 e. The van der Waals surface area contributed by atoms with Crippen LogP contribution >= 0.6 is 11.3 Å². The van der Waals surface area contributed by atoms with Crippen molar-refractivity contribution in [2.75, 3.05) is 13.1 Å². The summed E-state index contributed by atoms with van der Waals surface area (Å²) < 4.78 is 5.79. The summed E-state index contributed by atoms with van der Waals surface area (Å²) >= 11 is 1.92. The Hall–Kier alpha value is -0.420. The second kappa shape index (κ2) is 6.56. The Balaban J connectivity index is 1.86. The average molecular weight is 296 g/mol. The summed E-state index contributed by atoms with van der Waals surface area (Å²) in [7, 11) is 0. The van der Waals surface area contributed by atoms with Crippen LogP contribution in [0.5, 0.6) is 0 Å². The zero-order valence-electron chi connectivity index (χ0n) is 13.4. The van der Waals surface area contributed by atoms with Gasteiger partial charge >= 0.3 is 0 Å². The highest BCUT2D eigenvalue weighted by Gasteiger charge is 2.22. The molecule has 2 atom stereocenters. The summed E-state index contributed by atoms with van der Waals surface area (Å²) in [6.07, 6.45) is 0.696. The SMILES string of the molecule is CC1CN(Cc2ccc(CNC(C)(C)C)s2)CC(C)O1. The van der Waals surface area contributed by atoms with Gasteiger partial charge in [-0.2, -0.15) is 0 Å². The Labute approximate surface area is 127 Å². The molecule has 1 N–H and O–H groups in total. The fraction of sp³-hybridized carbons (Fsp3) is 0.750. The van der Waals surface area contributed by atoms with Gasteiger partial charge < -0.3 is 10.1 Å². The molecule has 1 saturated heterocycles. The second-order valence-electron chi connectivity index (χ2n) is 6.92. The number of morpholine rings is 1. The van der Waals surface area contributed by atoms with Gasteiger partial charge in [-0.1, -0.05) is 0 Å². The van der Waals surface area contributed by atoms with Crippen molar-refractivity contribution in [3.8, 4) is 0 Å². The van der Waals surface area contributed by atoms with Crippen LogP contribution in [-0.4, -0.2) is 35.7 Å². The molecule has 0 radical (unpaired) electrons. The van der Waals surface area contributed by atoms with Crippen molar-refractivity contribution < 1.29 is 4.74 Å². The van der Waals surface area contributed by atoms with Gasteiger partial charge in [-0.25, -0.2) is 0 Å². The molecule has 2 rings (SSSR count). The first-order valence-electron chi connectivity index (χ1n) is 7.52. The van der Waals surface area contributed by atoms with E-state index < -0.39 is 0 Å². The Morgan fingerprint density at radius 3 is 2.40 bits per heavy atom. The van der Waals surface area contributed by atoms with Crippen LogP contribution in [0.15, 0.2) is 12.1 Å². The highest BCUT2D eigenvalue weighted by molar-refractivity contribution is 7.11. The van der Waals surface area contributed by atoms with E-state index in [-0.39, 0.29) is 5.54 Å². The molecule has 20 heavy (non-hydrogen) atoms. The normalized spacial score (nSPS) is 25.1. The predicted octanol–water partition coefficient (Wildman–Crippen LogP) is 3.25. The van der Waals surface area contributed by atoms with E-state index >= 15 is 0 Å². The van der Waals surface area contributed by atoms with Gasteiger partial charge in [-0.3, -0.25) is 4.90 Å². The van der Waals surface area contributed by atoms with Crippen molar-refractivity contribution in [1.29, 1.82) is 0 Å². The van der Waals surface area contributed by atoms with E-state index in [0.29, 0.717) is 12.2 Å². The molecule has 0 aromatic carbocycles. The fourth-order valence-electron chi connectivity index (χ4n) is 2.59. The molecule has 0 bridgehead atoms. The summed E-state index contributed by atoms with van der Waals surface area (Å²) in [6, 6.07) is 4.53. The number of hydrogen-bond donors (Lipinski definition) is 1. The first-order chi connectivity index (χ1) is 9.32. The Morgan fingerprint density at radius 1 is 1.20 bits per heavy atom. The van der Waals surface area contributed by atoms with Crippen LogP contribution in [0.4, 0.5) is 0 Å². The molecule has 2 heterocycles. The molecule has 0 spiro atoms. The second-order valence-corrected chi connectivity index (χ2v) is 8.18. The van der Waals surface area contributed by atoms with E-state index in [0.717, 1.165) is 26.2 Å². The molecule has 1 fully saturated rings.